The maximum Gasteiger partial charge on any atom is 0.152 e. The minimum Gasteiger partial charge on any atom is -0.497 e. The molecule has 1 aromatic carbocycles. The molecule has 0 aliphatic carbocycles. The number of ketones is 1. The van der Waals surface area contributed by atoms with Crippen molar-refractivity contribution in [3.8, 4) is 11.5 Å². The van der Waals surface area contributed by atoms with Crippen LogP contribution in [0.1, 0.15) is 26.3 Å². The second-order valence-corrected chi connectivity index (χ2v) is 3.44. The van der Waals surface area contributed by atoms with Crippen molar-refractivity contribution < 1.29 is 14.3 Å². The van der Waals surface area contributed by atoms with E-state index < -0.39 is 0 Å². The zero-order valence-corrected chi connectivity index (χ0v) is 12.3. The Labute approximate surface area is 115 Å². The lowest BCUT2D eigenvalue weighted by molar-refractivity contribution is -0.112. The van der Waals surface area contributed by atoms with Crippen molar-refractivity contribution in [3.05, 3.63) is 42.0 Å². The first-order valence-electron chi connectivity index (χ1n) is 6.24. The summed E-state index contributed by atoms with van der Waals surface area (Å²) in [5.41, 5.74) is 0.932. The van der Waals surface area contributed by atoms with Crippen molar-refractivity contribution in [2.75, 3.05) is 14.2 Å². The fourth-order valence-electron chi connectivity index (χ4n) is 1.31. The zero-order chi connectivity index (χ0) is 14.7. The molecule has 0 saturated heterocycles. The number of carbonyl (C=O) groups excluding carboxylic acids is 1. The Morgan fingerprint density at radius 1 is 1.11 bits per heavy atom. The van der Waals surface area contributed by atoms with Gasteiger partial charge in [-0.25, -0.2) is 0 Å². The Morgan fingerprint density at radius 3 is 2.32 bits per heavy atom. The summed E-state index contributed by atoms with van der Waals surface area (Å²) >= 11 is 0. The van der Waals surface area contributed by atoms with E-state index in [-0.39, 0.29) is 5.78 Å². The number of hydrogen-bond acceptors (Lipinski definition) is 3. The molecular weight excluding hydrogens is 240 g/mol. The second kappa shape index (κ2) is 9.95. The van der Waals surface area contributed by atoms with E-state index in [1.807, 2.05) is 38.1 Å². The molecule has 0 unspecified atom stereocenters. The highest BCUT2D eigenvalue weighted by molar-refractivity contribution is 5.87. The zero-order valence-electron chi connectivity index (χ0n) is 12.3. The van der Waals surface area contributed by atoms with Crippen molar-refractivity contribution >= 4 is 11.9 Å². The van der Waals surface area contributed by atoms with Gasteiger partial charge in [-0.15, -0.1) is 0 Å². The summed E-state index contributed by atoms with van der Waals surface area (Å²) in [4.78, 5) is 10.7. The predicted octanol–water partition coefficient (Wildman–Crippen LogP) is 3.89. The van der Waals surface area contributed by atoms with Gasteiger partial charge in [0.05, 0.1) is 14.2 Å². The molecular formula is C16H22O3. The smallest absolute Gasteiger partial charge is 0.152 e. The van der Waals surface area contributed by atoms with Gasteiger partial charge in [0.15, 0.2) is 5.78 Å². The van der Waals surface area contributed by atoms with Crippen molar-refractivity contribution in [3.63, 3.8) is 0 Å². The summed E-state index contributed by atoms with van der Waals surface area (Å²) in [6, 6.07) is 5.57. The minimum absolute atomic E-state index is 0.0244. The summed E-state index contributed by atoms with van der Waals surface area (Å²) in [6.45, 7) is 5.51. The van der Waals surface area contributed by atoms with Gasteiger partial charge in [0.25, 0.3) is 0 Å². The number of rotatable bonds is 5. The lowest BCUT2D eigenvalue weighted by Gasteiger charge is -2.06. The van der Waals surface area contributed by atoms with Gasteiger partial charge in [-0.3, -0.25) is 4.79 Å². The summed E-state index contributed by atoms with van der Waals surface area (Å²) in [7, 11) is 3.22. The van der Waals surface area contributed by atoms with Gasteiger partial charge in [-0.1, -0.05) is 32.1 Å². The van der Waals surface area contributed by atoms with Gasteiger partial charge in [0.1, 0.15) is 11.5 Å². The Balaban J connectivity index is 0.00000154. The van der Waals surface area contributed by atoms with E-state index in [2.05, 4.69) is 0 Å². The molecule has 0 aromatic heterocycles. The van der Waals surface area contributed by atoms with E-state index in [9.17, 15) is 4.79 Å². The molecule has 1 aromatic rings. The molecule has 0 heterocycles. The molecule has 0 spiro atoms. The molecule has 19 heavy (non-hydrogen) atoms. The van der Waals surface area contributed by atoms with Gasteiger partial charge in [0, 0.05) is 11.6 Å². The van der Waals surface area contributed by atoms with Crippen molar-refractivity contribution in [2.24, 2.45) is 0 Å². The Bertz CT molecular complexity index is 445. The lowest BCUT2D eigenvalue weighted by Crippen LogP contribution is -1.89. The van der Waals surface area contributed by atoms with Crippen LogP contribution in [0.15, 0.2) is 36.4 Å². The molecule has 104 valence electrons. The Morgan fingerprint density at radius 2 is 1.79 bits per heavy atom. The summed E-state index contributed by atoms with van der Waals surface area (Å²) in [6.07, 6.45) is 6.88. The molecule has 3 nitrogen and oxygen atoms in total. The Kier molecular flexibility index (Phi) is 8.88. The SMILES string of the molecule is CC.COc1ccc(/C=C/C=C/C(C)=O)c(OC)c1. The average Bonchev–Trinajstić information content (AvgIpc) is 2.45. The van der Waals surface area contributed by atoms with Crippen LogP contribution < -0.4 is 9.47 Å². The van der Waals surface area contributed by atoms with Crippen LogP contribution in [-0.2, 0) is 4.79 Å². The van der Waals surface area contributed by atoms with Gasteiger partial charge in [-0.2, -0.15) is 0 Å². The van der Waals surface area contributed by atoms with Crippen LogP contribution in [0.25, 0.3) is 6.08 Å². The van der Waals surface area contributed by atoms with Crippen LogP contribution in [0.2, 0.25) is 0 Å². The standard InChI is InChI=1S/C14H16O3.C2H6/c1-11(15)6-4-5-7-12-8-9-13(16-2)10-14(12)17-3;1-2/h4-10H,1-3H3;1-2H3/b6-4+,7-5+;. The number of ether oxygens (including phenoxy) is 2. The molecule has 0 amide bonds. The molecule has 0 fully saturated rings. The molecule has 0 bridgehead atoms. The molecule has 3 heteroatoms. The maximum atomic E-state index is 10.7. The monoisotopic (exact) mass is 262 g/mol. The normalized spacial score (nSPS) is 10.2. The Hall–Kier alpha value is -2.03. The highest BCUT2D eigenvalue weighted by Crippen LogP contribution is 2.25. The van der Waals surface area contributed by atoms with E-state index in [4.69, 9.17) is 9.47 Å². The first kappa shape index (κ1) is 17.0. The second-order valence-electron chi connectivity index (χ2n) is 3.44. The average molecular weight is 262 g/mol. The molecule has 0 radical (unpaired) electrons. The fraction of sp³-hybridized carbons (Fsp3) is 0.312. The van der Waals surface area contributed by atoms with Crippen LogP contribution >= 0.6 is 0 Å². The maximum absolute atomic E-state index is 10.7. The lowest BCUT2D eigenvalue weighted by atomic mass is 10.1. The fourth-order valence-corrected chi connectivity index (χ4v) is 1.31. The van der Waals surface area contributed by atoms with Gasteiger partial charge >= 0.3 is 0 Å². The van der Waals surface area contributed by atoms with Gasteiger partial charge < -0.3 is 9.47 Å². The summed E-state index contributed by atoms with van der Waals surface area (Å²) in [5, 5.41) is 0. The summed E-state index contributed by atoms with van der Waals surface area (Å²) < 4.78 is 10.3. The highest BCUT2D eigenvalue weighted by atomic mass is 16.5. The van der Waals surface area contributed by atoms with Crippen LogP contribution in [0.5, 0.6) is 11.5 Å². The molecule has 0 aliphatic rings. The van der Waals surface area contributed by atoms with Crippen LogP contribution in [0, 0.1) is 0 Å². The predicted molar refractivity (Wildman–Crippen MR) is 79.7 cm³/mol. The molecule has 0 aliphatic heterocycles. The first-order valence-corrected chi connectivity index (χ1v) is 6.24. The molecule has 1 rings (SSSR count). The number of carbonyl (C=O) groups is 1. The van der Waals surface area contributed by atoms with E-state index >= 15 is 0 Å². The third kappa shape index (κ3) is 6.46. The van der Waals surface area contributed by atoms with Gasteiger partial charge in [0.2, 0.25) is 0 Å². The van der Waals surface area contributed by atoms with Gasteiger partial charge in [-0.05, 0) is 25.1 Å². The third-order valence-corrected chi connectivity index (χ3v) is 2.16. The van der Waals surface area contributed by atoms with Crippen LogP contribution in [0.4, 0.5) is 0 Å². The van der Waals surface area contributed by atoms with Crippen molar-refractivity contribution in [1.82, 2.24) is 0 Å². The van der Waals surface area contributed by atoms with E-state index in [0.29, 0.717) is 0 Å². The van der Waals surface area contributed by atoms with Crippen LogP contribution in [0.3, 0.4) is 0 Å². The quantitative estimate of drug-likeness (QED) is 0.596. The topological polar surface area (TPSA) is 35.5 Å². The minimum atomic E-state index is 0.0244. The first-order chi connectivity index (χ1) is 9.17. The van der Waals surface area contributed by atoms with E-state index in [1.165, 1.54) is 13.0 Å². The van der Waals surface area contributed by atoms with E-state index in [0.717, 1.165) is 17.1 Å². The highest BCUT2D eigenvalue weighted by Gasteiger charge is 2.00. The van der Waals surface area contributed by atoms with Crippen molar-refractivity contribution in [2.45, 2.75) is 20.8 Å². The number of allylic oxidation sites excluding steroid dienone is 3. The van der Waals surface area contributed by atoms with E-state index in [1.54, 1.807) is 26.4 Å². The summed E-state index contributed by atoms with van der Waals surface area (Å²) in [5.74, 6) is 1.51. The van der Waals surface area contributed by atoms with Crippen LogP contribution in [-0.4, -0.2) is 20.0 Å². The molecule has 0 saturated carbocycles. The number of methoxy groups -OCH3 is 2. The number of hydrogen-bond donors (Lipinski definition) is 0. The van der Waals surface area contributed by atoms with Crippen molar-refractivity contribution in [1.29, 1.82) is 0 Å². The largest absolute Gasteiger partial charge is 0.497 e. The molecule has 0 N–H and O–H groups in total. The third-order valence-electron chi connectivity index (χ3n) is 2.16. The molecule has 0 atom stereocenters. The number of benzene rings is 1.